The van der Waals surface area contributed by atoms with Crippen LogP contribution in [0.5, 0.6) is 0 Å². The van der Waals surface area contributed by atoms with Gasteiger partial charge in [-0.3, -0.25) is 14.4 Å². The molecule has 0 spiro atoms. The standard InChI is InChI=1S/C25H40N2O7S/c1-2-3-8-12-19(28)13-9-6-4-5-7-10-15-22(21(29)14-11-16-23(30)31)35-18-20(26)25(34)27-17-24(32)33/h4-7,9-10,13,15,19-22,28-29H,2-3,8,11-12,14,16-18,26H2,1H3,(H,27,34)(H,30,31)(H,32,33)/b6-4?,7-5+,13-9?,15-10+. The minimum atomic E-state index is -1.17. The highest BCUT2D eigenvalue weighted by Gasteiger charge is 2.21. The fourth-order valence-corrected chi connectivity index (χ4v) is 3.97. The van der Waals surface area contributed by atoms with Crippen LogP contribution in [0.2, 0.25) is 0 Å². The van der Waals surface area contributed by atoms with E-state index in [-0.39, 0.29) is 18.6 Å². The molecule has 0 fully saturated rings. The highest BCUT2D eigenvalue weighted by molar-refractivity contribution is 8.00. The average molecular weight is 513 g/mol. The molecule has 1 amide bonds. The zero-order valence-electron chi connectivity index (χ0n) is 20.3. The summed E-state index contributed by atoms with van der Waals surface area (Å²) in [6.07, 6.45) is 17.3. The Hall–Kier alpha value is -2.40. The summed E-state index contributed by atoms with van der Waals surface area (Å²) in [5.41, 5.74) is 5.81. The van der Waals surface area contributed by atoms with Crippen molar-refractivity contribution < 1.29 is 34.8 Å². The van der Waals surface area contributed by atoms with E-state index in [2.05, 4.69) is 12.2 Å². The first-order chi connectivity index (χ1) is 16.7. The molecule has 0 aliphatic rings. The van der Waals surface area contributed by atoms with E-state index < -0.39 is 47.9 Å². The summed E-state index contributed by atoms with van der Waals surface area (Å²) in [6.45, 7) is 1.59. The van der Waals surface area contributed by atoms with Gasteiger partial charge in [0.2, 0.25) is 5.91 Å². The first-order valence-electron chi connectivity index (χ1n) is 11.8. The van der Waals surface area contributed by atoms with Crippen molar-refractivity contribution in [2.24, 2.45) is 5.73 Å². The lowest BCUT2D eigenvalue weighted by Gasteiger charge is -2.21. The summed E-state index contributed by atoms with van der Waals surface area (Å²) >= 11 is 1.23. The number of aliphatic hydroxyl groups excluding tert-OH is 2. The number of allylic oxidation sites excluding steroid dienone is 6. The summed E-state index contributed by atoms with van der Waals surface area (Å²) in [5, 5.41) is 39.5. The van der Waals surface area contributed by atoms with Gasteiger partial charge in [-0.2, -0.15) is 0 Å². The number of carbonyl (C=O) groups excluding carboxylic acids is 1. The van der Waals surface area contributed by atoms with Gasteiger partial charge in [-0.25, -0.2) is 0 Å². The van der Waals surface area contributed by atoms with E-state index in [1.807, 2.05) is 0 Å². The minimum Gasteiger partial charge on any atom is -0.481 e. The van der Waals surface area contributed by atoms with Crippen LogP contribution in [-0.4, -0.2) is 74.1 Å². The zero-order valence-corrected chi connectivity index (χ0v) is 21.1. The lowest BCUT2D eigenvalue weighted by Crippen LogP contribution is -2.44. The number of carboxylic acids is 2. The molecule has 0 saturated carbocycles. The monoisotopic (exact) mass is 512 g/mol. The fourth-order valence-electron chi connectivity index (χ4n) is 2.83. The number of rotatable bonds is 20. The summed E-state index contributed by atoms with van der Waals surface area (Å²) in [5.74, 6) is -2.57. The molecule has 0 rings (SSSR count). The first kappa shape index (κ1) is 32.6. The molecule has 0 aromatic rings. The molecule has 0 aliphatic heterocycles. The van der Waals surface area contributed by atoms with E-state index >= 15 is 0 Å². The number of hydrogen-bond donors (Lipinski definition) is 6. The van der Waals surface area contributed by atoms with Crippen molar-refractivity contribution in [3.63, 3.8) is 0 Å². The number of nitrogens with one attached hydrogen (secondary N) is 1. The largest absolute Gasteiger partial charge is 0.481 e. The SMILES string of the molecule is CCCCCC(O)C=CC=C/C=C/C=C/C(SCC(N)C(=O)NCC(=O)O)C(O)CCCC(=O)O. The molecule has 4 unspecified atom stereocenters. The molecule has 0 aromatic carbocycles. The normalized spacial score (nSPS) is 15.7. The van der Waals surface area contributed by atoms with Crippen LogP contribution in [0.1, 0.15) is 51.9 Å². The van der Waals surface area contributed by atoms with Gasteiger partial charge in [0.05, 0.1) is 18.2 Å². The number of amides is 1. The van der Waals surface area contributed by atoms with Crippen molar-refractivity contribution in [1.29, 1.82) is 0 Å². The Labute approximate surface area is 211 Å². The van der Waals surface area contributed by atoms with Gasteiger partial charge >= 0.3 is 11.9 Å². The highest BCUT2D eigenvalue weighted by Crippen LogP contribution is 2.21. The van der Waals surface area contributed by atoms with E-state index in [1.165, 1.54) is 11.8 Å². The van der Waals surface area contributed by atoms with Crippen LogP contribution in [0.15, 0.2) is 48.6 Å². The maximum Gasteiger partial charge on any atom is 0.322 e. The van der Waals surface area contributed by atoms with Gasteiger partial charge in [-0.15, -0.1) is 11.8 Å². The first-order valence-corrected chi connectivity index (χ1v) is 12.8. The van der Waals surface area contributed by atoms with E-state index in [0.29, 0.717) is 6.42 Å². The Kier molecular flexibility index (Phi) is 19.5. The summed E-state index contributed by atoms with van der Waals surface area (Å²) in [6, 6.07) is -0.955. The van der Waals surface area contributed by atoms with Gasteiger partial charge in [0.25, 0.3) is 0 Å². The Morgan fingerprint density at radius 1 is 0.886 bits per heavy atom. The molecule has 10 heteroatoms. The van der Waals surface area contributed by atoms with Crippen molar-refractivity contribution >= 4 is 29.6 Å². The number of hydrogen-bond acceptors (Lipinski definition) is 7. The molecular weight excluding hydrogens is 472 g/mol. The molecule has 7 N–H and O–H groups in total. The van der Waals surface area contributed by atoms with Gasteiger partial charge in [0.1, 0.15) is 6.54 Å². The van der Waals surface area contributed by atoms with Gasteiger partial charge in [0, 0.05) is 17.4 Å². The Bertz CT molecular complexity index is 737. The third-order valence-corrected chi connectivity index (χ3v) is 6.19. The van der Waals surface area contributed by atoms with Crippen molar-refractivity contribution in [2.75, 3.05) is 12.3 Å². The maximum absolute atomic E-state index is 11.9. The van der Waals surface area contributed by atoms with Gasteiger partial charge in [-0.05, 0) is 19.3 Å². The third-order valence-electron chi connectivity index (χ3n) is 4.78. The predicted octanol–water partition coefficient (Wildman–Crippen LogP) is 2.40. The van der Waals surface area contributed by atoms with Crippen LogP contribution in [0.4, 0.5) is 0 Å². The molecule has 0 aromatic heterocycles. The summed E-state index contributed by atoms with van der Waals surface area (Å²) < 4.78 is 0. The van der Waals surface area contributed by atoms with Crippen LogP contribution in [0.3, 0.4) is 0 Å². The van der Waals surface area contributed by atoms with E-state index in [0.717, 1.165) is 25.7 Å². The van der Waals surface area contributed by atoms with Gasteiger partial charge in [-0.1, -0.05) is 74.8 Å². The molecular formula is C25H40N2O7S. The zero-order chi connectivity index (χ0) is 26.5. The molecule has 0 bridgehead atoms. The molecule has 0 saturated heterocycles. The smallest absolute Gasteiger partial charge is 0.322 e. The number of nitrogens with two attached hydrogens (primary N) is 1. The minimum absolute atomic E-state index is 0.0548. The van der Waals surface area contributed by atoms with Crippen LogP contribution < -0.4 is 11.1 Å². The molecule has 9 nitrogen and oxygen atoms in total. The number of carbonyl (C=O) groups is 3. The van der Waals surface area contributed by atoms with Crippen LogP contribution >= 0.6 is 11.8 Å². The van der Waals surface area contributed by atoms with E-state index in [1.54, 1.807) is 48.6 Å². The molecule has 4 atom stereocenters. The fraction of sp³-hybridized carbons (Fsp3) is 0.560. The summed E-state index contributed by atoms with van der Waals surface area (Å²) in [4.78, 5) is 33.2. The van der Waals surface area contributed by atoms with Crippen LogP contribution in [0, 0.1) is 0 Å². The Balaban J connectivity index is 4.81. The topological polar surface area (TPSA) is 170 Å². The second kappa shape index (κ2) is 20.9. The predicted molar refractivity (Wildman–Crippen MR) is 139 cm³/mol. The highest BCUT2D eigenvalue weighted by atomic mass is 32.2. The number of unbranched alkanes of at least 4 members (excludes halogenated alkanes) is 2. The van der Waals surface area contributed by atoms with Crippen molar-refractivity contribution in [3.05, 3.63) is 48.6 Å². The second-order valence-electron chi connectivity index (χ2n) is 7.97. The Morgan fingerprint density at radius 3 is 2.11 bits per heavy atom. The Morgan fingerprint density at radius 2 is 1.51 bits per heavy atom. The number of thioether (sulfide) groups is 1. The second-order valence-corrected chi connectivity index (χ2v) is 9.18. The lowest BCUT2D eigenvalue weighted by atomic mass is 10.1. The molecule has 0 heterocycles. The summed E-state index contributed by atoms with van der Waals surface area (Å²) in [7, 11) is 0. The van der Waals surface area contributed by atoms with E-state index in [4.69, 9.17) is 15.9 Å². The van der Waals surface area contributed by atoms with E-state index in [9.17, 15) is 24.6 Å². The van der Waals surface area contributed by atoms with Gasteiger partial charge < -0.3 is 31.5 Å². The van der Waals surface area contributed by atoms with Crippen molar-refractivity contribution in [3.8, 4) is 0 Å². The number of carboxylic acid groups (broad SMARTS) is 2. The van der Waals surface area contributed by atoms with Crippen LogP contribution in [-0.2, 0) is 14.4 Å². The molecule has 0 aliphatic carbocycles. The molecule has 35 heavy (non-hydrogen) atoms. The number of aliphatic carboxylic acids is 2. The quantitative estimate of drug-likeness (QED) is 0.106. The maximum atomic E-state index is 11.9. The van der Waals surface area contributed by atoms with Gasteiger partial charge in [0.15, 0.2) is 0 Å². The number of aliphatic hydroxyl groups is 2. The third kappa shape index (κ3) is 19.6. The van der Waals surface area contributed by atoms with Crippen molar-refractivity contribution in [2.45, 2.75) is 75.4 Å². The molecule has 198 valence electrons. The average Bonchev–Trinajstić information content (AvgIpc) is 2.80. The van der Waals surface area contributed by atoms with Crippen LogP contribution in [0.25, 0.3) is 0 Å². The van der Waals surface area contributed by atoms with Crippen molar-refractivity contribution in [1.82, 2.24) is 5.32 Å². The lowest BCUT2D eigenvalue weighted by molar-refractivity contribution is -0.138. The molecule has 0 radical (unpaired) electrons.